The quantitative estimate of drug-likeness (QED) is 0.146. The maximum Gasteiger partial charge on any atom is 0.259 e. The van der Waals surface area contributed by atoms with Crippen molar-refractivity contribution < 1.29 is 14.3 Å². The average molecular weight is 442 g/mol. The molecule has 6 nitrogen and oxygen atoms in total. The van der Waals surface area contributed by atoms with Gasteiger partial charge in [-0.1, -0.05) is 89.2 Å². The summed E-state index contributed by atoms with van der Waals surface area (Å²) in [5.41, 5.74) is 3.10. The highest BCUT2D eigenvalue weighted by molar-refractivity contribution is 5.87. The van der Waals surface area contributed by atoms with Gasteiger partial charge in [0.05, 0.1) is 12.8 Å². The Morgan fingerprint density at radius 1 is 0.969 bits per heavy atom. The molecule has 1 aromatic carbocycles. The zero-order valence-electron chi connectivity index (χ0n) is 19.5. The third kappa shape index (κ3) is 14.2. The summed E-state index contributed by atoms with van der Waals surface area (Å²) in [7, 11) is 0. The number of carbonyl (C=O) groups is 2. The van der Waals surface area contributed by atoms with Crippen LogP contribution in [0.5, 0.6) is 5.75 Å². The number of ether oxygens (including phenoxy) is 1. The molecular formula is C26H39N3O3. The number of para-hydroxylation sites is 1. The summed E-state index contributed by atoms with van der Waals surface area (Å²) < 4.78 is 5.42. The fourth-order valence-corrected chi connectivity index (χ4v) is 3.27. The third-order valence-corrected chi connectivity index (χ3v) is 5.08. The molecule has 0 saturated carbocycles. The van der Waals surface area contributed by atoms with E-state index in [2.05, 4.69) is 28.7 Å². The van der Waals surface area contributed by atoms with Crippen LogP contribution in [0.2, 0.25) is 0 Å². The van der Waals surface area contributed by atoms with Crippen LogP contribution in [0, 0.1) is 12.3 Å². The molecule has 1 aromatic rings. The number of hydrogen-bond donors (Lipinski definition) is 2. The van der Waals surface area contributed by atoms with Crippen LogP contribution in [0.4, 0.5) is 0 Å². The van der Waals surface area contributed by atoms with E-state index in [1.807, 2.05) is 12.1 Å². The van der Waals surface area contributed by atoms with E-state index in [1.165, 1.54) is 64.0 Å². The Hall–Kier alpha value is -2.81. The number of rotatable bonds is 18. The number of unbranched alkanes of at least 4 members (excludes halogenated alkanes) is 10. The highest BCUT2D eigenvalue weighted by Crippen LogP contribution is 2.15. The molecule has 32 heavy (non-hydrogen) atoms. The fraction of sp³-hybridized carbons (Fsp3) is 0.577. The van der Waals surface area contributed by atoms with Gasteiger partial charge in [-0.2, -0.15) is 5.10 Å². The van der Waals surface area contributed by atoms with Crippen molar-refractivity contribution in [1.82, 2.24) is 10.7 Å². The van der Waals surface area contributed by atoms with Crippen LogP contribution in [0.3, 0.4) is 0 Å². The molecule has 6 heteroatoms. The van der Waals surface area contributed by atoms with Crippen LogP contribution in [-0.2, 0) is 9.59 Å². The number of carbonyl (C=O) groups excluding carboxylic acids is 2. The third-order valence-electron chi connectivity index (χ3n) is 5.08. The molecule has 176 valence electrons. The Labute approximate surface area is 193 Å². The normalized spacial score (nSPS) is 10.6. The first kappa shape index (κ1) is 27.2. The molecule has 0 bridgehead atoms. The lowest BCUT2D eigenvalue weighted by Gasteiger charge is -2.06. The molecule has 0 radical (unpaired) electrons. The minimum absolute atomic E-state index is 0.0938. The Morgan fingerprint density at radius 3 is 2.25 bits per heavy atom. The Morgan fingerprint density at radius 2 is 1.59 bits per heavy atom. The summed E-state index contributed by atoms with van der Waals surface area (Å²) in [5.74, 6) is 2.51. The first-order valence-corrected chi connectivity index (χ1v) is 11.9. The zero-order valence-corrected chi connectivity index (χ0v) is 19.5. The van der Waals surface area contributed by atoms with E-state index in [9.17, 15) is 9.59 Å². The van der Waals surface area contributed by atoms with Gasteiger partial charge >= 0.3 is 0 Å². The lowest BCUT2D eigenvalue weighted by Crippen LogP contribution is -2.34. The minimum Gasteiger partial charge on any atom is -0.480 e. The van der Waals surface area contributed by atoms with Crippen molar-refractivity contribution in [3.8, 4) is 18.1 Å². The van der Waals surface area contributed by atoms with Gasteiger partial charge < -0.3 is 10.1 Å². The second-order valence-corrected chi connectivity index (χ2v) is 7.89. The van der Waals surface area contributed by atoms with Crippen LogP contribution in [-0.4, -0.2) is 31.2 Å². The molecule has 0 unspecified atom stereocenters. The van der Waals surface area contributed by atoms with E-state index in [0.717, 1.165) is 12.8 Å². The monoisotopic (exact) mass is 441 g/mol. The fourth-order valence-electron chi connectivity index (χ4n) is 3.27. The molecule has 0 atom stereocenters. The number of nitrogens with one attached hydrogen (secondary N) is 2. The van der Waals surface area contributed by atoms with Gasteiger partial charge in [0, 0.05) is 12.0 Å². The highest BCUT2D eigenvalue weighted by atomic mass is 16.5. The predicted molar refractivity (Wildman–Crippen MR) is 131 cm³/mol. The van der Waals surface area contributed by atoms with Crippen LogP contribution in [0.1, 0.15) is 89.5 Å². The predicted octanol–water partition coefficient (Wildman–Crippen LogP) is 4.97. The molecule has 2 amide bonds. The first-order valence-electron chi connectivity index (χ1n) is 11.9. The molecule has 0 aromatic heterocycles. The number of terminal acetylenes is 1. The van der Waals surface area contributed by atoms with Crippen molar-refractivity contribution in [1.29, 1.82) is 0 Å². The van der Waals surface area contributed by atoms with Crippen molar-refractivity contribution in [2.45, 2.75) is 84.0 Å². The Kier molecular flexibility index (Phi) is 16.1. The molecule has 0 aliphatic carbocycles. The summed E-state index contributed by atoms with van der Waals surface area (Å²) in [6.07, 6.45) is 20.8. The van der Waals surface area contributed by atoms with E-state index in [0.29, 0.717) is 17.7 Å². The minimum atomic E-state index is -0.379. The van der Waals surface area contributed by atoms with E-state index >= 15 is 0 Å². The maximum atomic E-state index is 11.9. The smallest absolute Gasteiger partial charge is 0.259 e. The van der Waals surface area contributed by atoms with Crippen LogP contribution >= 0.6 is 0 Å². The summed E-state index contributed by atoms with van der Waals surface area (Å²) in [4.78, 5) is 23.7. The van der Waals surface area contributed by atoms with E-state index in [1.54, 1.807) is 12.1 Å². The van der Waals surface area contributed by atoms with Gasteiger partial charge in [0.1, 0.15) is 12.4 Å². The molecule has 0 heterocycles. The lowest BCUT2D eigenvalue weighted by molar-refractivity contribution is -0.126. The summed E-state index contributed by atoms with van der Waals surface area (Å²) in [6.45, 7) is 2.30. The summed E-state index contributed by atoms with van der Waals surface area (Å²) in [6, 6.07) is 7.24. The van der Waals surface area contributed by atoms with E-state index in [4.69, 9.17) is 11.2 Å². The van der Waals surface area contributed by atoms with Crippen molar-refractivity contribution in [3.05, 3.63) is 29.8 Å². The number of hydrogen-bond acceptors (Lipinski definition) is 4. The molecule has 2 N–H and O–H groups in total. The summed E-state index contributed by atoms with van der Waals surface area (Å²) >= 11 is 0. The largest absolute Gasteiger partial charge is 0.480 e. The van der Waals surface area contributed by atoms with E-state index in [-0.39, 0.29) is 25.0 Å². The van der Waals surface area contributed by atoms with Crippen LogP contribution < -0.4 is 15.5 Å². The van der Waals surface area contributed by atoms with Crippen LogP contribution in [0.25, 0.3) is 0 Å². The van der Waals surface area contributed by atoms with E-state index < -0.39 is 0 Å². The Balaban J connectivity index is 2.07. The lowest BCUT2D eigenvalue weighted by atomic mass is 10.1. The number of amides is 2. The van der Waals surface area contributed by atoms with Crippen LogP contribution in [0.15, 0.2) is 29.4 Å². The van der Waals surface area contributed by atoms with Crippen molar-refractivity contribution in [2.75, 3.05) is 13.2 Å². The van der Waals surface area contributed by atoms with Gasteiger partial charge in [0.25, 0.3) is 5.91 Å². The number of nitrogens with zero attached hydrogens (tertiary/aromatic N) is 1. The van der Waals surface area contributed by atoms with Gasteiger partial charge in [-0.05, 0) is 18.6 Å². The topological polar surface area (TPSA) is 79.8 Å². The molecular weight excluding hydrogens is 402 g/mol. The molecule has 1 rings (SSSR count). The molecule has 0 aliphatic rings. The Bertz CT molecular complexity index is 725. The second kappa shape index (κ2) is 18.9. The summed E-state index contributed by atoms with van der Waals surface area (Å²) in [5, 5.41) is 6.55. The zero-order chi connectivity index (χ0) is 23.3. The number of benzene rings is 1. The van der Waals surface area contributed by atoms with Crippen molar-refractivity contribution >= 4 is 18.0 Å². The van der Waals surface area contributed by atoms with Gasteiger partial charge in [-0.15, -0.1) is 6.42 Å². The second-order valence-electron chi connectivity index (χ2n) is 7.89. The molecule has 0 saturated heterocycles. The molecule has 0 aliphatic heterocycles. The van der Waals surface area contributed by atoms with Crippen molar-refractivity contribution in [3.63, 3.8) is 0 Å². The standard InChI is InChI=1S/C26H39N3O3/c1-3-5-6-7-8-9-10-11-12-13-14-19-25(30)27-22-26(31)29-28-21-23-17-15-16-18-24(23)32-20-4-2/h2,15-18,21H,3,5-14,19-20,22H2,1H3,(H,27,30)(H,29,31)/b28-21-. The van der Waals surface area contributed by atoms with Gasteiger partial charge in [0.15, 0.2) is 0 Å². The maximum absolute atomic E-state index is 11.9. The first-order chi connectivity index (χ1) is 15.7. The average Bonchev–Trinajstić information content (AvgIpc) is 2.80. The SMILES string of the molecule is C#CCOc1ccccc1/C=N\NC(=O)CNC(=O)CCCCCCCCCCCCC. The molecule has 0 spiro atoms. The van der Waals surface area contributed by atoms with Gasteiger partial charge in [0.2, 0.25) is 5.91 Å². The van der Waals surface area contributed by atoms with Gasteiger partial charge in [-0.25, -0.2) is 5.43 Å². The highest BCUT2D eigenvalue weighted by Gasteiger charge is 2.05. The van der Waals surface area contributed by atoms with Crippen molar-refractivity contribution in [2.24, 2.45) is 5.10 Å². The van der Waals surface area contributed by atoms with Gasteiger partial charge in [-0.3, -0.25) is 9.59 Å². The number of hydrazone groups is 1. The molecule has 0 fully saturated rings.